The maximum atomic E-state index is 13.4. The highest BCUT2D eigenvalue weighted by Crippen LogP contribution is 2.36. The molecule has 2 aromatic heterocycles. The molecule has 0 aliphatic heterocycles. The van der Waals surface area contributed by atoms with Crippen molar-refractivity contribution in [2.45, 2.75) is 0 Å². The molecular weight excluding hydrogens is 516 g/mol. The van der Waals surface area contributed by atoms with Crippen LogP contribution >= 0.6 is 11.6 Å². The number of hydrogen-bond donors (Lipinski definition) is 0. The van der Waals surface area contributed by atoms with E-state index in [2.05, 4.69) is 14.8 Å². The second-order valence-electron chi connectivity index (χ2n) is 7.94. The number of methoxy groups -OCH3 is 1. The number of benzene rings is 3. The van der Waals surface area contributed by atoms with Crippen molar-refractivity contribution in [2.75, 3.05) is 13.7 Å². The summed E-state index contributed by atoms with van der Waals surface area (Å²) in [5, 5.41) is 17.0. The van der Waals surface area contributed by atoms with Crippen LogP contribution in [0.2, 0.25) is 5.02 Å². The SMILES string of the molecule is COC(=O)COc1c(Cl)cc(C=Nn2c(-c3cc4ccccc4o3)nc3ccccc3c2=O)cc1[N+](=O)[O-]. The van der Waals surface area contributed by atoms with Crippen LogP contribution in [-0.2, 0) is 9.53 Å². The highest BCUT2D eigenvalue weighted by molar-refractivity contribution is 6.32. The normalized spacial score (nSPS) is 11.3. The molecule has 190 valence electrons. The highest BCUT2D eigenvalue weighted by Gasteiger charge is 2.22. The average molecular weight is 533 g/mol. The van der Waals surface area contributed by atoms with Gasteiger partial charge >= 0.3 is 11.7 Å². The number of halogens is 1. The largest absolute Gasteiger partial charge is 0.474 e. The van der Waals surface area contributed by atoms with E-state index in [1.165, 1.54) is 12.3 Å². The molecule has 0 N–H and O–H groups in total. The monoisotopic (exact) mass is 532 g/mol. The van der Waals surface area contributed by atoms with Crippen molar-refractivity contribution >= 4 is 51.3 Å². The van der Waals surface area contributed by atoms with E-state index < -0.39 is 28.7 Å². The predicted octanol–water partition coefficient (Wildman–Crippen LogP) is 4.81. The van der Waals surface area contributed by atoms with Crippen LogP contribution in [0.25, 0.3) is 33.5 Å². The van der Waals surface area contributed by atoms with Gasteiger partial charge in [0, 0.05) is 17.0 Å². The third-order valence-electron chi connectivity index (χ3n) is 5.53. The number of nitrogens with zero attached hydrogens (tertiary/aromatic N) is 4. The van der Waals surface area contributed by atoms with E-state index in [1.807, 2.05) is 18.2 Å². The van der Waals surface area contributed by atoms with Crippen LogP contribution < -0.4 is 10.3 Å². The third-order valence-corrected chi connectivity index (χ3v) is 5.81. The quantitative estimate of drug-likeness (QED) is 0.126. The average Bonchev–Trinajstić information content (AvgIpc) is 3.35. The van der Waals surface area contributed by atoms with Crippen LogP contribution in [0.1, 0.15) is 5.56 Å². The number of furan rings is 1. The Morgan fingerprint density at radius 1 is 1.18 bits per heavy atom. The van der Waals surface area contributed by atoms with Gasteiger partial charge in [0.05, 0.1) is 34.2 Å². The van der Waals surface area contributed by atoms with Crippen molar-refractivity contribution < 1.29 is 23.6 Å². The summed E-state index contributed by atoms with van der Waals surface area (Å²) in [5.41, 5.74) is 0.281. The maximum absolute atomic E-state index is 13.4. The lowest BCUT2D eigenvalue weighted by atomic mass is 10.2. The van der Waals surface area contributed by atoms with Gasteiger partial charge in [0.15, 0.2) is 12.4 Å². The van der Waals surface area contributed by atoms with Crippen LogP contribution in [-0.4, -0.2) is 40.5 Å². The van der Waals surface area contributed by atoms with Crippen LogP contribution in [0.4, 0.5) is 5.69 Å². The van der Waals surface area contributed by atoms with E-state index in [-0.39, 0.29) is 22.2 Å². The molecule has 0 unspecified atom stereocenters. The topological polar surface area (TPSA) is 139 Å². The fraction of sp³-hybridized carbons (Fsp3) is 0.0769. The van der Waals surface area contributed by atoms with Crippen LogP contribution in [0.3, 0.4) is 0 Å². The fourth-order valence-electron chi connectivity index (χ4n) is 3.75. The Morgan fingerprint density at radius 2 is 1.95 bits per heavy atom. The minimum atomic E-state index is -0.734. The Kier molecular flexibility index (Phi) is 6.58. The summed E-state index contributed by atoms with van der Waals surface area (Å²) in [5.74, 6) is -0.587. The van der Waals surface area contributed by atoms with Gasteiger partial charge in [-0.15, -0.1) is 0 Å². The number of para-hydroxylation sites is 2. The van der Waals surface area contributed by atoms with Gasteiger partial charge in [-0.3, -0.25) is 14.9 Å². The summed E-state index contributed by atoms with van der Waals surface area (Å²) >= 11 is 6.23. The van der Waals surface area contributed by atoms with Gasteiger partial charge < -0.3 is 13.9 Å². The van der Waals surface area contributed by atoms with Gasteiger partial charge in [0.25, 0.3) is 5.56 Å². The molecule has 0 spiro atoms. The molecule has 5 aromatic rings. The fourth-order valence-corrected chi connectivity index (χ4v) is 4.03. The Bertz CT molecular complexity index is 1780. The molecule has 0 aliphatic carbocycles. The Morgan fingerprint density at radius 3 is 2.71 bits per heavy atom. The lowest BCUT2D eigenvalue weighted by Gasteiger charge is -2.09. The van der Waals surface area contributed by atoms with E-state index >= 15 is 0 Å². The molecule has 0 fully saturated rings. The van der Waals surface area contributed by atoms with Gasteiger partial charge in [-0.2, -0.15) is 9.78 Å². The van der Waals surface area contributed by atoms with Crippen LogP contribution in [0.5, 0.6) is 5.75 Å². The summed E-state index contributed by atoms with van der Waals surface area (Å²) in [7, 11) is 1.16. The third kappa shape index (κ3) is 4.70. The molecule has 2 heterocycles. The summed E-state index contributed by atoms with van der Waals surface area (Å²) < 4.78 is 16.7. The van der Waals surface area contributed by atoms with Crippen molar-refractivity contribution in [1.82, 2.24) is 9.66 Å². The van der Waals surface area contributed by atoms with E-state index in [0.29, 0.717) is 22.2 Å². The molecule has 0 aliphatic rings. The number of carbonyl (C=O) groups is 1. The highest BCUT2D eigenvalue weighted by atomic mass is 35.5. The van der Waals surface area contributed by atoms with Crippen molar-refractivity contribution in [1.29, 1.82) is 0 Å². The number of nitro groups is 1. The lowest BCUT2D eigenvalue weighted by molar-refractivity contribution is -0.385. The number of fused-ring (bicyclic) bond motifs is 2. The van der Waals surface area contributed by atoms with Crippen molar-refractivity contribution in [3.63, 3.8) is 0 Å². The molecule has 0 atom stereocenters. The molecule has 0 saturated heterocycles. The van der Waals surface area contributed by atoms with Gasteiger partial charge in [-0.1, -0.05) is 41.9 Å². The van der Waals surface area contributed by atoms with Gasteiger partial charge in [0.2, 0.25) is 11.6 Å². The molecule has 12 heteroatoms. The Hall–Kier alpha value is -5.03. The zero-order valence-electron chi connectivity index (χ0n) is 19.7. The van der Waals surface area contributed by atoms with Gasteiger partial charge in [-0.25, -0.2) is 9.78 Å². The van der Waals surface area contributed by atoms with Crippen molar-refractivity contribution in [3.05, 3.63) is 97.8 Å². The summed E-state index contributed by atoms with van der Waals surface area (Å²) in [6, 6.07) is 18.4. The summed E-state index contributed by atoms with van der Waals surface area (Å²) in [6.45, 7) is -0.566. The molecule has 0 saturated carbocycles. The van der Waals surface area contributed by atoms with Gasteiger partial charge in [0.1, 0.15) is 5.58 Å². The minimum Gasteiger partial charge on any atom is -0.474 e. The number of carbonyl (C=O) groups excluding carboxylic acids is 1. The second-order valence-corrected chi connectivity index (χ2v) is 8.34. The molecule has 38 heavy (non-hydrogen) atoms. The smallest absolute Gasteiger partial charge is 0.343 e. The van der Waals surface area contributed by atoms with Crippen LogP contribution in [0, 0.1) is 10.1 Å². The van der Waals surface area contributed by atoms with Crippen molar-refractivity contribution in [3.8, 4) is 17.3 Å². The molecule has 0 radical (unpaired) electrons. The predicted molar refractivity (Wildman–Crippen MR) is 140 cm³/mol. The lowest BCUT2D eigenvalue weighted by Crippen LogP contribution is -2.20. The van der Waals surface area contributed by atoms with Gasteiger partial charge in [-0.05, 0) is 30.3 Å². The summed E-state index contributed by atoms with van der Waals surface area (Å²) in [6.07, 6.45) is 1.23. The first-order valence-corrected chi connectivity index (χ1v) is 11.5. The zero-order chi connectivity index (χ0) is 26.8. The number of ether oxygens (including phenoxy) is 2. The first-order valence-electron chi connectivity index (χ1n) is 11.1. The number of aromatic nitrogens is 2. The molecule has 0 amide bonds. The Labute approximate surface area is 218 Å². The second kappa shape index (κ2) is 10.1. The molecule has 0 bridgehead atoms. The first kappa shape index (κ1) is 24.7. The molecule has 3 aromatic carbocycles. The van der Waals surface area contributed by atoms with E-state index in [9.17, 15) is 19.7 Å². The molecular formula is C26H17ClN4O7. The number of hydrogen-bond acceptors (Lipinski definition) is 9. The standard InChI is InChI=1S/C26H17ClN4O7/c1-36-23(32)14-37-24-18(27)10-15(11-20(24)31(34)35)13-28-30-25(22-12-16-6-2-5-9-21(16)38-22)29-19-8-4-3-7-17(19)26(30)33/h2-13H,14H2,1H3. The first-order chi connectivity index (χ1) is 18.4. The number of esters is 1. The summed E-state index contributed by atoms with van der Waals surface area (Å²) in [4.78, 5) is 40.4. The van der Waals surface area contributed by atoms with E-state index in [0.717, 1.165) is 23.2 Å². The molecule has 11 nitrogen and oxygen atoms in total. The Balaban J connectivity index is 1.62. The van der Waals surface area contributed by atoms with E-state index in [1.54, 1.807) is 36.4 Å². The number of nitro benzene ring substituents is 1. The number of rotatable bonds is 7. The minimum absolute atomic E-state index is 0.133. The zero-order valence-corrected chi connectivity index (χ0v) is 20.4. The van der Waals surface area contributed by atoms with Crippen molar-refractivity contribution in [2.24, 2.45) is 5.10 Å². The maximum Gasteiger partial charge on any atom is 0.343 e. The van der Waals surface area contributed by atoms with Crippen LogP contribution in [0.15, 0.2) is 81.0 Å². The van der Waals surface area contributed by atoms with E-state index in [4.69, 9.17) is 20.8 Å². The molecule has 5 rings (SSSR count).